The van der Waals surface area contributed by atoms with E-state index in [1.54, 1.807) is 25.1 Å². The zero-order valence-electron chi connectivity index (χ0n) is 11.4. The molecule has 0 amide bonds. The smallest absolute Gasteiger partial charge is 0.333 e. The largest absolute Gasteiger partial charge is 0.508 e. The fraction of sp³-hybridized carbons (Fsp3) is 0.500. The number of rotatable bonds is 8. The van der Waals surface area contributed by atoms with Crippen molar-refractivity contribution in [2.75, 3.05) is 13.9 Å². The predicted octanol–water partition coefficient (Wildman–Crippen LogP) is 1.05. The zero-order valence-corrected chi connectivity index (χ0v) is 12.2. The summed E-state index contributed by atoms with van der Waals surface area (Å²) < 4.78 is 37.3. The van der Waals surface area contributed by atoms with Gasteiger partial charge >= 0.3 is 10.3 Å². The summed E-state index contributed by atoms with van der Waals surface area (Å²) in [5, 5.41) is 14.8. The highest BCUT2D eigenvalue weighted by Crippen LogP contribution is 2.32. The van der Waals surface area contributed by atoms with Crippen molar-refractivity contribution < 1.29 is 27.2 Å². The summed E-state index contributed by atoms with van der Waals surface area (Å²) in [4.78, 5) is 0. The topological polar surface area (TPSA) is 108 Å². The quantitative estimate of drug-likeness (QED) is 0.695. The molecule has 3 N–H and O–H groups in total. The van der Waals surface area contributed by atoms with Gasteiger partial charge in [0.1, 0.15) is 24.8 Å². The number of benzene rings is 1. The van der Waals surface area contributed by atoms with Crippen molar-refractivity contribution in [2.24, 2.45) is 5.14 Å². The van der Waals surface area contributed by atoms with E-state index in [2.05, 4.69) is 0 Å². The Labute approximate surface area is 118 Å². The van der Waals surface area contributed by atoms with Gasteiger partial charge in [0.05, 0.1) is 0 Å². The first-order chi connectivity index (χ1) is 9.39. The molecule has 1 rings (SSSR count). The van der Waals surface area contributed by atoms with Crippen LogP contribution in [0.1, 0.15) is 25.0 Å². The van der Waals surface area contributed by atoms with Gasteiger partial charge in [-0.05, 0) is 12.5 Å². The van der Waals surface area contributed by atoms with Gasteiger partial charge in [-0.1, -0.05) is 25.1 Å². The van der Waals surface area contributed by atoms with Crippen molar-refractivity contribution in [3.05, 3.63) is 29.8 Å². The van der Waals surface area contributed by atoms with Crippen LogP contribution in [0.15, 0.2) is 24.3 Å². The minimum Gasteiger partial charge on any atom is -0.508 e. The van der Waals surface area contributed by atoms with Gasteiger partial charge in [0.25, 0.3) is 0 Å². The van der Waals surface area contributed by atoms with E-state index in [0.717, 1.165) is 0 Å². The highest BCUT2D eigenvalue weighted by molar-refractivity contribution is 7.84. The lowest BCUT2D eigenvalue weighted by atomic mass is 10.0. The Hall–Kier alpha value is -1.19. The van der Waals surface area contributed by atoms with E-state index in [-0.39, 0.29) is 12.5 Å². The summed E-state index contributed by atoms with van der Waals surface area (Å²) in [6.07, 6.45) is -1.37. The fourth-order valence-electron chi connectivity index (χ4n) is 1.77. The lowest BCUT2D eigenvalue weighted by Crippen LogP contribution is -2.30. The van der Waals surface area contributed by atoms with E-state index in [4.69, 9.17) is 18.8 Å². The maximum atomic E-state index is 11.1. The monoisotopic (exact) mass is 305 g/mol. The molecule has 0 heterocycles. The summed E-state index contributed by atoms with van der Waals surface area (Å²) in [5.41, 5.74) is 0.403. The van der Waals surface area contributed by atoms with E-state index in [9.17, 15) is 13.5 Å². The first-order valence-electron chi connectivity index (χ1n) is 5.98. The Morgan fingerprint density at radius 1 is 1.35 bits per heavy atom. The lowest BCUT2D eigenvalue weighted by molar-refractivity contribution is -0.109. The van der Waals surface area contributed by atoms with Crippen molar-refractivity contribution in [2.45, 2.75) is 25.6 Å². The summed E-state index contributed by atoms with van der Waals surface area (Å²) in [6.45, 7) is 1.64. The molecule has 1 aromatic rings. The van der Waals surface area contributed by atoms with Crippen molar-refractivity contribution in [1.82, 2.24) is 0 Å². The Morgan fingerprint density at radius 2 is 2.00 bits per heavy atom. The number of aromatic hydroxyl groups is 1. The molecule has 0 radical (unpaired) electrons. The average Bonchev–Trinajstić information content (AvgIpc) is 2.38. The van der Waals surface area contributed by atoms with Gasteiger partial charge in [0, 0.05) is 12.7 Å². The molecule has 0 saturated carbocycles. The first kappa shape index (κ1) is 16.9. The summed E-state index contributed by atoms with van der Waals surface area (Å²) in [7, 11) is -2.69. The summed E-state index contributed by atoms with van der Waals surface area (Å²) in [6, 6.07) is 6.43. The summed E-state index contributed by atoms with van der Waals surface area (Å²) >= 11 is 0. The molecule has 0 fully saturated rings. The van der Waals surface area contributed by atoms with Gasteiger partial charge in [0.2, 0.25) is 0 Å². The van der Waals surface area contributed by atoms with Gasteiger partial charge < -0.3 is 14.6 Å². The number of phenols is 1. The van der Waals surface area contributed by atoms with E-state index in [1.807, 2.05) is 0 Å². The Kier molecular flexibility index (Phi) is 6.37. The van der Waals surface area contributed by atoms with E-state index in [0.29, 0.717) is 12.0 Å². The van der Waals surface area contributed by atoms with E-state index < -0.39 is 22.5 Å². The zero-order chi connectivity index (χ0) is 15.2. The molecule has 2 unspecified atom stereocenters. The van der Waals surface area contributed by atoms with Crippen LogP contribution in [0.5, 0.6) is 5.75 Å². The number of hydrogen-bond acceptors (Lipinski definition) is 6. The number of hydrogen-bond donors (Lipinski definition) is 2. The third kappa shape index (κ3) is 5.06. The van der Waals surface area contributed by atoms with Crippen LogP contribution < -0.4 is 5.14 Å². The Bertz CT molecular complexity index is 518. The second kappa shape index (κ2) is 7.55. The van der Waals surface area contributed by atoms with Gasteiger partial charge in [-0.25, -0.2) is 5.14 Å². The van der Waals surface area contributed by atoms with Crippen molar-refractivity contribution in [1.29, 1.82) is 0 Å². The van der Waals surface area contributed by atoms with Crippen LogP contribution in [0.2, 0.25) is 0 Å². The van der Waals surface area contributed by atoms with E-state index >= 15 is 0 Å². The molecule has 2 atom stereocenters. The maximum Gasteiger partial charge on any atom is 0.333 e. The molecule has 0 aliphatic carbocycles. The Balaban J connectivity index is 3.07. The molecular weight excluding hydrogens is 286 g/mol. The van der Waals surface area contributed by atoms with Crippen LogP contribution in [0.3, 0.4) is 0 Å². The van der Waals surface area contributed by atoms with Gasteiger partial charge in [-0.2, -0.15) is 8.42 Å². The molecular formula is C12H19NO6S. The molecule has 8 heteroatoms. The van der Waals surface area contributed by atoms with Crippen LogP contribution >= 0.6 is 0 Å². The second-order valence-corrected chi connectivity index (χ2v) is 5.27. The van der Waals surface area contributed by atoms with Crippen LogP contribution in [-0.2, 0) is 24.0 Å². The molecule has 0 saturated heterocycles. The molecule has 0 aliphatic heterocycles. The third-order valence-electron chi connectivity index (χ3n) is 2.61. The second-order valence-electron chi connectivity index (χ2n) is 4.09. The standard InChI is InChI=1S/C12H19NO6S/c1-3-11(19-20(13,15)16)12(18-8-17-2)9-6-4-5-7-10(9)14/h4-7,11-12,14H,3,8H2,1-2H3,(H2,13,15,16). The molecule has 0 bridgehead atoms. The molecule has 0 aliphatic rings. The average molecular weight is 305 g/mol. The number of para-hydroxylation sites is 1. The molecule has 114 valence electrons. The number of ether oxygens (including phenoxy) is 2. The molecule has 7 nitrogen and oxygen atoms in total. The van der Waals surface area contributed by atoms with E-state index in [1.165, 1.54) is 13.2 Å². The lowest BCUT2D eigenvalue weighted by Gasteiger charge is -2.26. The minimum atomic E-state index is -4.13. The predicted molar refractivity (Wildman–Crippen MR) is 72.1 cm³/mol. The van der Waals surface area contributed by atoms with Crippen molar-refractivity contribution in [3.8, 4) is 5.75 Å². The van der Waals surface area contributed by atoms with Crippen molar-refractivity contribution in [3.63, 3.8) is 0 Å². The number of nitrogens with two attached hydrogens (primary N) is 1. The van der Waals surface area contributed by atoms with Crippen LogP contribution in [0, 0.1) is 0 Å². The third-order valence-corrected chi connectivity index (χ3v) is 3.12. The van der Waals surface area contributed by atoms with Gasteiger partial charge in [0.15, 0.2) is 0 Å². The Morgan fingerprint density at radius 3 is 2.50 bits per heavy atom. The first-order valence-corrected chi connectivity index (χ1v) is 7.45. The summed E-state index contributed by atoms with van der Waals surface area (Å²) in [5.74, 6) is -0.0231. The molecule has 1 aromatic carbocycles. The van der Waals surface area contributed by atoms with Crippen LogP contribution in [0.25, 0.3) is 0 Å². The number of methoxy groups -OCH3 is 1. The molecule has 0 aromatic heterocycles. The van der Waals surface area contributed by atoms with Crippen LogP contribution in [0.4, 0.5) is 0 Å². The molecule has 0 spiro atoms. The normalized spacial score (nSPS) is 14.9. The van der Waals surface area contributed by atoms with Crippen molar-refractivity contribution >= 4 is 10.3 Å². The van der Waals surface area contributed by atoms with Crippen LogP contribution in [-0.4, -0.2) is 33.5 Å². The highest BCUT2D eigenvalue weighted by atomic mass is 32.2. The highest BCUT2D eigenvalue weighted by Gasteiger charge is 2.29. The minimum absolute atomic E-state index is 0.0231. The van der Waals surface area contributed by atoms with Gasteiger partial charge in [-0.3, -0.25) is 4.18 Å². The van der Waals surface area contributed by atoms with Gasteiger partial charge in [-0.15, -0.1) is 0 Å². The molecule has 20 heavy (non-hydrogen) atoms. The number of phenolic OH excluding ortho intramolecular Hbond substituents is 1. The fourth-order valence-corrected chi connectivity index (χ4v) is 2.35. The SMILES string of the molecule is CCC(OS(N)(=O)=O)C(OCOC)c1ccccc1O. The maximum absolute atomic E-state index is 11.1.